The summed E-state index contributed by atoms with van der Waals surface area (Å²) in [5.41, 5.74) is 1.96. The Kier molecular flexibility index (Phi) is 6.39. The second-order valence-corrected chi connectivity index (χ2v) is 8.49. The van der Waals surface area contributed by atoms with Gasteiger partial charge in [0, 0.05) is 23.2 Å². The maximum atomic E-state index is 12.1. The first kappa shape index (κ1) is 19.9. The normalized spacial score (nSPS) is 12.7. The number of anilines is 2. The molecule has 0 saturated carbocycles. The number of aliphatic hydroxyl groups excluding tert-OH is 1. The first-order valence-electron chi connectivity index (χ1n) is 8.29. The van der Waals surface area contributed by atoms with Crippen molar-refractivity contribution in [3.63, 3.8) is 0 Å². The molecule has 0 bridgehead atoms. The van der Waals surface area contributed by atoms with E-state index in [1.165, 1.54) is 12.1 Å². The van der Waals surface area contributed by atoms with Crippen LogP contribution in [0.1, 0.15) is 25.5 Å². The Hall–Kier alpha value is -2.38. The zero-order chi connectivity index (χ0) is 19.3. The Morgan fingerprint density at radius 3 is 2.27 bits per heavy atom. The molecule has 7 heteroatoms. The Morgan fingerprint density at radius 2 is 1.69 bits per heavy atom. The fraction of sp³-hybridized carbons (Fsp3) is 0.316. The number of carbonyl (C=O) groups excluding carboxylic acids is 1. The van der Waals surface area contributed by atoms with Crippen molar-refractivity contribution in [3.05, 3.63) is 54.1 Å². The number of hydrogen-bond donors (Lipinski definition) is 3. The Labute approximate surface area is 154 Å². The zero-order valence-electron chi connectivity index (χ0n) is 15.1. The first-order chi connectivity index (χ1) is 12.2. The van der Waals surface area contributed by atoms with E-state index in [1.807, 2.05) is 38.1 Å². The zero-order valence-corrected chi connectivity index (χ0v) is 15.9. The predicted molar refractivity (Wildman–Crippen MR) is 103 cm³/mol. The Morgan fingerprint density at radius 1 is 1.08 bits per heavy atom. The van der Waals surface area contributed by atoms with Gasteiger partial charge < -0.3 is 15.7 Å². The number of sulfone groups is 1. The minimum absolute atomic E-state index is 0.0235. The molecular formula is C19H24N2O4S. The second kappa shape index (κ2) is 8.33. The van der Waals surface area contributed by atoms with E-state index < -0.39 is 15.9 Å². The molecule has 0 unspecified atom stereocenters. The highest BCUT2D eigenvalue weighted by atomic mass is 32.2. The largest absolute Gasteiger partial charge is 0.388 e. The van der Waals surface area contributed by atoms with E-state index in [1.54, 1.807) is 12.1 Å². The highest BCUT2D eigenvalue weighted by Gasteiger charge is 2.16. The average molecular weight is 376 g/mol. The summed E-state index contributed by atoms with van der Waals surface area (Å²) in [5.74, 6) is -0.217. The van der Waals surface area contributed by atoms with Crippen molar-refractivity contribution in [2.24, 2.45) is 5.92 Å². The Balaban J connectivity index is 1.99. The summed E-state index contributed by atoms with van der Waals surface area (Å²) < 4.78 is 22.9. The van der Waals surface area contributed by atoms with E-state index in [-0.39, 0.29) is 23.3 Å². The first-order valence-corrected chi connectivity index (χ1v) is 10.2. The SMILES string of the molecule is CC(C)[C@H](O)c1ccccc1NCC(=O)Nc1ccc(S(C)(=O)=O)cc1. The molecule has 0 spiro atoms. The van der Waals surface area contributed by atoms with Gasteiger partial charge in [0.05, 0.1) is 17.5 Å². The van der Waals surface area contributed by atoms with Crippen LogP contribution in [-0.4, -0.2) is 32.2 Å². The molecule has 6 nitrogen and oxygen atoms in total. The maximum absolute atomic E-state index is 12.1. The van der Waals surface area contributed by atoms with Gasteiger partial charge in [0.15, 0.2) is 9.84 Å². The van der Waals surface area contributed by atoms with E-state index in [0.717, 1.165) is 11.8 Å². The summed E-state index contributed by atoms with van der Waals surface area (Å²) in [6.45, 7) is 3.87. The van der Waals surface area contributed by atoms with Crippen LogP contribution in [0.5, 0.6) is 0 Å². The molecule has 0 aliphatic rings. The fourth-order valence-electron chi connectivity index (χ4n) is 2.44. The summed E-state index contributed by atoms with van der Waals surface area (Å²) in [7, 11) is -3.26. The van der Waals surface area contributed by atoms with Gasteiger partial charge in [-0.2, -0.15) is 0 Å². The highest BCUT2D eigenvalue weighted by molar-refractivity contribution is 7.90. The molecule has 2 rings (SSSR count). The number of benzene rings is 2. The van der Waals surface area contributed by atoms with Crippen molar-refractivity contribution in [1.29, 1.82) is 0 Å². The molecule has 1 amide bonds. The number of para-hydroxylation sites is 1. The molecule has 3 N–H and O–H groups in total. The number of nitrogens with one attached hydrogen (secondary N) is 2. The van der Waals surface area contributed by atoms with E-state index in [2.05, 4.69) is 10.6 Å². The minimum Gasteiger partial charge on any atom is -0.388 e. The molecular weight excluding hydrogens is 352 g/mol. The summed E-state index contributed by atoms with van der Waals surface area (Å²) in [6.07, 6.45) is 0.512. The molecule has 140 valence electrons. The van der Waals surface area contributed by atoms with Crippen LogP contribution in [0.25, 0.3) is 0 Å². The second-order valence-electron chi connectivity index (χ2n) is 6.47. The third-order valence-corrected chi connectivity index (χ3v) is 5.05. The van der Waals surface area contributed by atoms with Crippen LogP contribution >= 0.6 is 0 Å². The van der Waals surface area contributed by atoms with Gasteiger partial charge in [-0.1, -0.05) is 32.0 Å². The van der Waals surface area contributed by atoms with E-state index in [4.69, 9.17) is 0 Å². The lowest BCUT2D eigenvalue weighted by molar-refractivity contribution is -0.114. The number of hydrogen-bond acceptors (Lipinski definition) is 5. The van der Waals surface area contributed by atoms with Crippen molar-refractivity contribution in [2.75, 3.05) is 23.4 Å². The lowest BCUT2D eigenvalue weighted by Gasteiger charge is -2.19. The van der Waals surface area contributed by atoms with Gasteiger partial charge >= 0.3 is 0 Å². The van der Waals surface area contributed by atoms with Crippen LogP contribution in [-0.2, 0) is 14.6 Å². The predicted octanol–water partition coefficient (Wildman–Crippen LogP) is 2.83. The van der Waals surface area contributed by atoms with Gasteiger partial charge in [0.2, 0.25) is 5.91 Å². The van der Waals surface area contributed by atoms with Gasteiger partial charge in [0.1, 0.15) is 0 Å². The molecule has 0 aliphatic carbocycles. The standard InChI is InChI=1S/C19H24N2O4S/c1-13(2)19(23)16-6-4-5-7-17(16)20-12-18(22)21-14-8-10-15(11-9-14)26(3,24)25/h4-11,13,19-20,23H,12H2,1-3H3,(H,21,22)/t19-/m0/s1. The number of aliphatic hydroxyl groups is 1. The van der Waals surface area contributed by atoms with Crippen LogP contribution in [0, 0.1) is 5.92 Å². The summed E-state index contributed by atoms with van der Waals surface area (Å²) in [4.78, 5) is 12.3. The molecule has 26 heavy (non-hydrogen) atoms. The van der Waals surface area contributed by atoms with Crippen molar-refractivity contribution in [1.82, 2.24) is 0 Å². The van der Waals surface area contributed by atoms with Crippen molar-refractivity contribution < 1.29 is 18.3 Å². The third-order valence-electron chi connectivity index (χ3n) is 3.92. The lowest BCUT2D eigenvalue weighted by Crippen LogP contribution is -2.22. The van der Waals surface area contributed by atoms with Gasteiger partial charge in [-0.05, 0) is 36.2 Å². The topological polar surface area (TPSA) is 95.5 Å². The quantitative estimate of drug-likeness (QED) is 0.691. The molecule has 0 heterocycles. The molecule has 1 atom stereocenters. The molecule has 0 saturated heterocycles. The van der Waals surface area contributed by atoms with Gasteiger partial charge in [-0.3, -0.25) is 4.79 Å². The summed E-state index contributed by atoms with van der Waals surface area (Å²) in [5, 5.41) is 16.0. The minimum atomic E-state index is -3.26. The van der Waals surface area contributed by atoms with Gasteiger partial charge in [-0.25, -0.2) is 8.42 Å². The van der Waals surface area contributed by atoms with Crippen LogP contribution < -0.4 is 10.6 Å². The molecule has 0 radical (unpaired) electrons. The van der Waals surface area contributed by atoms with Crippen LogP contribution in [0.4, 0.5) is 11.4 Å². The Bertz CT molecular complexity index is 861. The van der Waals surface area contributed by atoms with Gasteiger partial charge in [0.25, 0.3) is 0 Å². The third kappa shape index (κ3) is 5.31. The molecule has 0 aliphatic heterocycles. The molecule has 0 fully saturated rings. The monoisotopic (exact) mass is 376 g/mol. The molecule has 2 aromatic carbocycles. The molecule has 0 aromatic heterocycles. The number of carbonyl (C=O) groups is 1. The van der Waals surface area contributed by atoms with E-state index in [0.29, 0.717) is 11.4 Å². The van der Waals surface area contributed by atoms with Crippen molar-refractivity contribution in [3.8, 4) is 0 Å². The van der Waals surface area contributed by atoms with Crippen LogP contribution in [0.3, 0.4) is 0 Å². The fourth-order valence-corrected chi connectivity index (χ4v) is 3.07. The summed E-state index contributed by atoms with van der Waals surface area (Å²) in [6, 6.07) is 13.3. The van der Waals surface area contributed by atoms with Crippen LogP contribution in [0.15, 0.2) is 53.4 Å². The van der Waals surface area contributed by atoms with Crippen molar-refractivity contribution >= 4 is 27.1 Å². The number of amides is 1. The average Bonchev–Trinajstić information content (AvgIpc) is 2.59. The number of rotatable bonds is 7. The van der Waals surface area contributed by atoms with Crippen LogP contribution in [0.2, 0.25) is 0 Å². The van der Waals surface area contributed by atoms with E-state index in [9.17, 15) is 18.3 Å². The highest BCUT2D eigenvalue weighted by Crippen LogP contribution is 2.27. The molecule has 2 aromatic rings. The maximum Gasteiger partial charge on any atom is 0.243 e. The van der Waals surface area contributed by atoms with Gasteiger partial charge in [-0.15, -0.1) is 0 Å². The lowest BCUT2D eigenvalue weighted by atomic mass is 9.97. The van der Waals surface area contributed by atoms with E-state index >= 15 is 0 Å². The summed E-state index contributed by atoms with van der Waals surface area (Å²) >= 11 is 0. The smallest absolute Gasteiger partial charge is 0.243 e. The van der Waals surface area contributed by atoms with Crippen molar-refractivity contribution in [2.45, 2.75) is 24.8 Å².